The van der Waals surface area contributed by atoms with Crippen molar-refractivity contribution in [3.63, 3.8) is 0 Å². The zero-order valence-corrected chi connectivity index (χ0v) is 19.1. The molecule has 0 amide bonds. The number of alkyl halides is 3. The van der Waals surface area contributed by atoms with Gasteiger partial charge in [-0.1, -0.05) is 6.58 Å². The highest BCUT2D eigenvalue weighted by Crippen LogP contribution is 2.35. The molecule has 1 aliphatic rings. The molecule has 2 aromatic carbocycles. The average Bonchev–Trinajstić information content (AvgIpc) is 3.18. The molecule has 0 aromatic heterocycles. The number of ether oxygens (including phenoxy) is 1. The minimum atomic E-state index is -4.78. The lowest BCUT2D eigenvalue weighted by atomic mass is 10.1. The predicted molar refractivity (Wildman–Crippen MR) is 112 cm³/mol. The highest BCUT2D eigenvalue weighted by Gasteiger charge is 2.39. The van der Waals surface area contributed by atoms with Gasteiger partial charge in [0.2, 0.25) is 15.8 Å². The van der Waals surface area contributed by atoms with E-state index < -0.39 is 68.0 Å². The highest BCUT2D eigenvalue weighted by atomic mass is 32.2. The number of sulfonamides is 1. The van der Waals surface area contributed by atoms with E-state index in [1.807, 2.05) is 0 Å². The predicted octanol–water partition coefficient (Wildman–Crippen LogP) is 3.45. The van der Waals surface area contributed by atoms with Gasteiger partial charge in [0.05, 0.1) is 21.6 Å². The lowest BCUT2D eigenvalue weighted by Gasteiger charge is -2.18. The average molecular weight is 525 g/mol. The number of nitrogens with zero attached hydrogens (tertiary/aromatic N) is 3. The van der Waals surface area contributed by atoms with E-state index in [1.54, 1.807) is 6.07 Å². The molecule has 3 rings (SSSR count). The number of rotatable bonds is 6. The van der Waals surface area contributed by atoms with Crippen LogP contribution in [0.15, 0.2) is 47.4 Å². The second-order valence-corrected chi connectivity index (χ2v) is 9.34. The van der Waals surface area contributed by atoms with Gasteiger partial charge in [0.25, 0.3) is 0 Å². The summed E-state index contributed by atoms with van der Waals surface area (Å²) < 4.78 is 84.7. The Labute approximate surface area is 202 Å². The molecule has 0 bridgehead atoms. The van der Waals surface area contributed by atoms with E-state index in [1.165, 1.54) is 6.07 Å². The van der Waals surface area contributed by atoms with E-state index >= 15 is 0 Å². The van der Waals surface area contributed by atoms with Gasteiger partial charge in [-0.3, -0.25) is 4.79 Å². The molecule has 36 heavy (non-hydrogen) atoms. The Balaban J connectivity index is 1.82. The topological polar surface area (TPSA) is 130 Å². The molecule has 0 unspecified atom stereocenters. The number of esters is 1. The molecular weight excluding hydrogens is 510 g/mol. The molecule has 1 atom stereocenters. The Kier molecular flexibility index (Phi) is 7.35. The van der Waals surface area contributed by atoms with Crippen LogP contribution in [0, 0.1) is 28.5 Å². The van der Waals surface area contributed by atoms with Crippen LogP contribution in [0.25, 0.3) is 0 Å². The van der Waals surface area contributed by atoms with E-state index in [-0.39, 0.29) is 17.9 Å². The summed E-state index contributed by atoms with van der Waals surface area (Å²) in [5.41, 5.74) is -2.15. The molecule has 188 valence electrons. The third kappa shape index (κ3) is 5.46. The van der Waals surface area contributed by atoms with E-state index in [2.05, 4.69) is 6.58 Å². The van der Waals surface area contributed by atoms with E-state index in [0.29, 0.717) is 18.2 Å². The third-order valence-corrected chi connectivity index (χ3v) is 6.78. The quantitative estimate of drug-likeness (QED) is 0.140. The van der Waals surface area contributed by atoms with Crippen LogP contribution in [-0.4, -0.2) is 37.9 Å². The van der Waals surface area contributed by atoms with Crippen molar-refractivity contribution in [2.45, 2.75) is 24.1 Å². The number of carbonyl (C=O) groups excluding carboxylic acids is 1. The molecule has 0 radical (unpaired) electrons. The van der Waals surface area contributed by atoms with Crippen molar-refractivity contribution in [1.29, 1.82) is 10.5 Å². The van der Waals surface area contributed by atoms with Crippen LogP contribution in [-0.2, 0) is 25.9 Å². The molecule has 1 fully saturated rings. The Bertz CT molecular complexity index is 1430. The summed E-state index contributed by atoms with van der Waals surface area (Å²) in [6, 6.07) is 6.33. The van der Waals surface area contributed by atoms with Crippen molar-refractivity contribution in [2.24, 2.45) is 0 Å². The number of nitriles is 2. The molecule has 14 heteroatoms. The van der Waals surface area contributed by atoms with Crippen LogP contribution in [0.5, 0.6) is 11.5 Å². The van der Waals surface area contributed by atoms with Crippen LogP contribution in [0.3, 0.4) is 0 Å². The first-order valence-electron chi connectivity index (χ1n) is 9.82. The fraction of sp³-hybridized carbons (Fsp3) is 0.227. The summed E-state index contributed by atoms with van der Waals surface area (Å²) in [4.78, 5) is 20.9. The number of carbonyl (C=O) groups is 1. The van der Waals surface area contributed by atoms with Gasteiger partial charge in [-0.15, -0.1) is 0 Å². The maximum atomic E-state index is 14.0. The van der Waals surface area contributed by atoms with Crippen molar-refractivity contribution in [3.05, 3.63) is 65.0 Å². The van der Waals surface area contributed by atoms with Gasteiger partial charge in [0.15, 0.2) is 5.75 Å². The third-order valence-electron chi connectivity index (χ3n) is 4.91. The van der Waals surface area contributed by atoms with Crippen molar-refractivity contribution in [1.82, 2.24) is 4.31 Å². The normalized spacial score (nSPS) is 16.3. The second-order valence-electron chi connectivity index (χ2n) is 7.43. The van der Waals surface area contributed by atoms with Crippen molar-refractivity contribution < 1.29 is 45.3 Å². The van der Waals surface area contributed by atoms with Crippen LogP contribution in [0.4, 0.5) is 17.6 Å². The Morgan fingerprint density at radius 3 is 2.39 bits per heavy atom. The number of hydrogen-bond acceptors (Lipinski definition) is 8. The van der Waals surface area contributed by atoms with Gasteiger partial charge in [-0.25, -0.2) is 12.8 Å². The first-order valence-corrected chi connectivity index (χ1v) is 11.3. The Morgan fingerprint density at radius 1 is 1.14 bits per heavy atom. The molecule has 0 spiro atoms. The standard InChI is InChI=1S/C22H15F4N3O6S/c1-12-10-29(36(31,32)21-4-3-16(22(24,25)26)5-15(21)9-28)11-20(12)35-34-19-7-17(23)14(8-27)6-18(19)33-13(2)30/h3-7,20H,1,10-11H2,2H3/t20-/m0/s1. The molecule has 2 aromatic rings. The summed E-state index contributed by atoms with van der Waals surface area (Å²) in [7, 11) is -4.45. The van der Waals surface area contributed by atoms with E-state index in [9.17, 15) is 36.0 Å². The summed E-state index contributed by atoms with van der Waals surface area (Å²) in [6.07, 6.45) is -5.90. The Hall–Kier alpha value is -3.98. The lowest BCUT2D eigenvalue weighted by Crippen LogP contribution is -2.31. The van der Waals surface area contributed by atoms with Gasteiger partial charge in [0, 0.05) is 32.1 Å². The second kappa shape index (κ2) is 9.94. The maximum absolute atomic E-state index is 14.0. The first-order chi connectivity index (χ1) is 16.8. The monoisotopic (exact) mass is 525 g/mol. The molecule has 1 aliphatic heterocycles. The van der Waals surface area contributed by atoms with Crippen LogP contribution >= 0.6 is 0 Å². The first kappa shape index (κ1) is 26.6. The molecule has 0 N–H and O–H groups in total. The minimum Gasteiger partial charge on any atom is -0.423 e. The lowest BCUT2D eigenvalue weighted by molar-refractivity contribution is -0.231. The zero-order valence-electron chi connectivity index (χ0n) is 18.3. The largest absolute Gasteiger partial charge is 0.423 e. The van der Waals surface area contributed by atoms with Crippen LogP contribution in [0.2, 0.25) is 0 Å². The van der Waals surface area contributed by atoms with Crippen molar-refractivity contribution in [2.75, 3.05) is 13.1 Å². The van der Waals surface area contributed by atoms with Crippen molar-refractivity contribution >= 4 is 16.0 Å². The van der Waals surface area contributed by atoms with Crippen LogP contribution < -0.4 is 9.62 Å². The SMILES string of the molecule is C=C1CN(S(=O)(=O)c2ccc(C(F)(F)F)cc2C#N)C[C@@H]1OOc1cc(F)c(C#N)cc1OC(C)=O. The van der Waals surface area contributed by atoms with Gasteiger partial charge in [-0.2, -0.15) is 32.9 Å². The zero-order chi connectivity index (χ0) is 26.8. The summed E-state index contributed by atoms with van der Waals surface area (Å²) in [5, 5.41) is 18.2. The highest BCUT2D eigenvalue weighted by molar-refractivity contribution is 7.89. The molecule has 0 saturated carbocycles. The molecular formula is C22H15F4N3O6S. The van der Waals surface area contributed by atoms with E-state index in [4.69, 9.17) is 19.8 Å². The van der Waals surface area contributed by atoms with E-state index in [0.717, 1.165) is 23.4 Å². The fourth-order valence-electron chi connectivity index (χ4n) is 3.18. The number of halogens is 4. The van der Waals surface area contributed by atoms with Gasteiger partial charge in [-0.05, 0) is 23.8 Å². The van der Waals surface area contributed by atoms with Gasteiger partial charge >= 0.3 is 12.1 Å². The molecule has 9 nitrogen and oxygen atoms in total. The molecule has 1 heterocycles. The van der Waals surface area contributed by atoms with Crippen LogP contribution in [0.1, 0.15) is 23.6 Å². The van der Waals surface area contributed by atoms with Gasteiger partial charge in [0.1, 0.15) is 24.1 Å². The smallest absolute Gasteiger partial charge is 0.416 e. The fourth-order valence-corrected chi connectivity index (χ4v) is 4.74. The molecule has 1 saturated heterocycles. The Morgan fingerprint density at radius 2 is 1.81 bits per heavy atom. The maximum Gasteiger partial charge on any atom is 0.416 e. The summed E-state index contributed by atoms with van der Waals surface area (Å²) in [6.45, 7) is 4.01. The van der Waals surface area contributed by atoms with Crippen molar-refractivity contribution in [3.8, 4) is 23.6 Å². The van der Waals surface area contributed by atoms with Gasteiger partial charge < -0.3 is 9.62 Å². The summed E-state index contributed by atoms with van der Waals surface area (Å²) in [5.74, 6) is -2.57. The number of benzene rings is 2. The molecule has 0 aliphatic carbocycles. The summed E-state index contributed by atoms with van der Waals surface area (Å²) >= 11 is 0. The minimum absolute atomic E-state index is 0.173. The number of hydrogen-bond donors (Lipinski definition) is 0.